The summed E-state index contributed by atoms with van der Waals surface area (Å²) < 4.78 is 2.69. The van der Waals surface area contributed by atoms with Crippen LogP contribution in [0.5, 0.6) is 0 Å². The quantitative estimate of drug-likeness (QED) is 0.506. The van der Waals surface area contributed by atoms with Crippen LogP contribution in [0.1, 0.15) is 11.1 Å². The van der Waals surface area contributed by atoms with Crippen molar-refractivity contribution in [3.8, 4) is 0 Å². The van der Waals surface area contributed by atoms with Crippen LogP contribution in [0.25, 0.3) is 0 Å². The first-order valence-electron chi connectivity index (χ1n) is 5.24. The summed E-state index contributed by atoms with van der Waals surface area (Å²) in [6.07, 6.45) is 0. The van der Waals surface area contributed by atoms with Gasteiger partial charge in [-0.25, -0.2) is 0 Å². The van der Waals surface area contributed by atoms with Crippen LogP contribution in [-0.4, -0.2) is 21.1 Å². The van der Waals surface area contributed by atoms with Crippen LogP contribution in [0.2, 0.25) is 0 Å². The van der Waals surface area contributed by atoms with E-state index in [0.717, 1.165) is 0 Å². The Balaban J connectivity index is 0.00000128. The Hall–Kier alpha value is -0.181. The van der Waals surface area contributed by atoms with E-state index in [9.17, 15) is 0 Å². The van der Waals surface area contributed by atoms with Crippen LogP contribution in [0.15, 0.2) is 60.7 Å². The molecule has 0 heterocycles. The number of hydrogen-bond donors (Lipinski definition) is 0. The van der Waals surface area contributed by atoms with Gasteiger partial charge in [0.2, 0.25) is 0 Å². The van der Waals surface area contributed by atoms with E-state index < -0.39 is 0 Å². The summed E-state index contributed by atoms with van der Waals surface area (Å²) in [5, 5.41) is 0. The fourth-order valence-electron chi connectivity index (χ4n) is 1.54. The topological polar surface area (TPSA) is 0 Å². The third-order valence-corrected chi connectivity index (χ3v) is 6.10. The molecule has 0 unspecified atom stereocenters. The minimum absolute atomic E-state index is 0. The van der Waals surface area contributed by atoms with Gasteiger partial charge in [-0.15, -0.1) is 0 Å². The molecule has 0 aliphatic carbocycles. The summed E-state index contributed by atoms with van der Waals surface area (Å²) in [6.45, 7) is 0. The molecule has 0 fully saturated rings. The van der Waals surface area contributed by atoms with Crippen molar-refractivity contribution in [3.63, 3.8) is 0 Å². The summed E-state index contributed by atoms with van der Waals surface area (Å²) in [5.41, 5.74) is 3.03. The number of halogens is 2. The van der Waals surface area contributed by atoms with Gasteiger partial charge in [0, 0.05) is 0 Å². The molecule has 88 valence electrons. The zero-order valence-electron chi connectivity index (χ0n) is 9.44. The summed E-state index contributed by atoms with van der Waals surface area (Å²) in [6, 6.07) is 21.7. The van der Waals surface area contributed by atoms with Gasteiger partial charge in [-0.05, 0) is 0 Å². The number of benzene rings is 2. The van der Waals surface area contributed by atoms with Crippen LogP contribution in [0.3, 0.4) is 0 Å². The van der Waals surface area contributed by atoms with Gasteiger partial charge in [0.1, 0.15) is 0 Å². The van der Waals surface area contributed by atoms with Gasteiger partial charge in [-0.3, -0.25) is 0 Å². The SMILES string of the molecule is [Cl-].[Cl-].c1ccc([CH2][Sn+2][CH2]c2ccccc2)cc1. The standard InChI is InChI=1S/2C7H7.2ClH.Sn/c2*1-7-5-3-2-4-6-7;;;/h2*2-6H,1H2;2*1H;/q;;;;+2/p-2. The Morgan fingerprint density at radius 3 is 1.29 bits per heavy atom. The summed E-state index contributed by atoms with van der Waals surface area (Å²) in [7, 11) is 0. The Morgan fingerprint density at radius 1 is 0.588 bits per heavy atom. The Labute approximate surface area is 126 Å². The zero-order chi connectivity index (χ0) is 10.3. The van der Waals surface area contributed by atoms with Crippen molar-refractivity contribution < 1.29 is 24.8 Å². The van der Waals surface area contributed by atoms with E-state index in [2.05, 4.69) is 60.7 Å². The van der Waals surface area contributed by atoms with Crippen molar-refractivity contribution in [1.29, 1.82) is 0 Å². The summed E-state index contributed by atoms with van der Waals surface area (Å²) >= 11 is -0.258. The molecule has 0 bridgehead atoms. The molecule has 2 aromatic carbocycles. The molecule has 0 saturated carbocycles. The molecule has 2 rings (SSSR count). The van der Waals surface area contributed by atoms with Crippen LogP contribution in [0.4, 0.5) is 0 Å². The molecular weight excluding hydrogens is 358 g/mol. The molecule has 0 aliphatic heterocycles. The normalized spacial score (nSPS) is 8.47. The predicted molar refractivity (Wildman–Crippen MR) is 66.0 cm³/mol. The van der Waals surface area contributed by atoms with Gasteiger partial charge in [-0.1, -0.05) is 0 Å². The van der Waals surface area contributed by atoms with Crippen molar-refractivity contribution in [1.82, 2.24) is 0 Å². The van der Waals surface area contributed by atoms with Crippen LogP contribution >= 0.6 is 0 Å². The van der Waals surface area contributed by atoms with Crippen molar-refractivity contribution >= 4 is 21.1 Å². The molecule has 0 saturated heterocycles. The molecule has 0 nitrogen and oxygen atoms in total. The molecule has 0 N–H and O–H groups in total. The Kier molecular flexibility index (Phi) is 9.70. The molecule has 0 spiro atoms. The van der Waals surface area contributed by atoms with Gasteiger partial charge < -0.3 is 24.8 Å². The van der Waals surface area contributed by atoms with Crippen molar-refractivity contribution in [3.05, 3.63) is 71.8 Å². The molecule has 0 amide bonds. The van der Waals surface area contributed by atoms with Gasteiger partial charge >= 0.3 is 102 Å². The molecule has 0 aliphatic rings. The first kappa shape index (κ1) is 16.8. The van der Waals surface area contributed by atoms with Gasteiger partial charge in [-0.2, -0.15) is 0 Å². The average Bonchev–Trinajstić information content (AvgIpc) is 2.32. The van der Waals surface area contributed by atoms with Gasteiger partial charge in [0.25, 0.3) is 0 Å². The number of rotatable bonds is 4. The Morgan fingerprint density at radius 2 is 0.941 bits per heavy atom. The van der Waals surface area contributed by atoms with E-state index in [1.54, 1.807) is 0 Å². The molecule has 0 aromatic heterocycles. The molecule has 2 aromatic rings. The fraction of sp³-hybridized carbons (Fsp3) is 0.143. The second-order valence-corrected chi connectivity index (χ2v) is 7.02. The van der Waals surface area contributed by atoms with Crippen LogP contribution in [0, 0.1) is 0 Å². The zero-order valence-corrected chi connectivity index (χ0v) is 13.8. The summed E-state index contributed by atoms with van der Waals surface area (Å²) in [5.74, 6) is 0. The Bertz CT molecular complexity index is 350. The maximum atomic E-state index is 2.24. The van der Waals surface area contributed by atoms with E-state index in [1.807, 2.05) is 0 Å². The van der Waals surface area contributed by atoms with Crippen LogP contribution < -0.4 is 24.8 Å². The third kappa shape index (κ3) is 6.35. The maximum absolute atomic E-state index is 2.24. The minimum atomic E-state index is -0.258. The second kappa shape index (κ2) is 9.81. The van der Waals surface area contributed by atoms with Crippen LogP contribution in [-0.2, 0) is 8.87 Å². The average molecular weight is 372 g/mol. The summed E-state index contributed by atoms with van der Waals surface area (Å²) in [4.78, 5) is 0. The molecule has 17 heavy (non-hydrogen) atoms. The molecule has 3 heteroatoms. The van der Waals surface area contributed by atoms with Crippen molar-refractivity contribution in [2.24, 2.45) is 0 Å². The first-order valence-corrected chi connectivity index (χ1v) is 9.27. The predicted octanol–water partition coefficient (Wildman–Crippen LogP) is -2.90. The van der Waals surface area contributed by atoms with Gasteiger partial charge in [0.15, 0.2) is 0 Å². The van der Waals surface area contributed by atoms with Crippen molar-refractivity contribution in [2.45, 2.75) is 8.87 Å². The van der Waals surface area contributed by atoms with E-state index in [4.69, 9.17) is 0 Å². The van der Waals surface area contributed by atoms with Crippen molar-refractivity contribution in [2.75, 3.05) is 0 Å². The van der Waals surface area contributed by atoms with Gasteiger partial charge in [0.05, 0.1) is 0 Å². The monoisotopic (exact) mass is 372 g/mol. The second-order valence-electron chi connectivity index (χ2n) is 3.57. The van der Waals surface area contributed by atoms with E-state index >= 15 is 0 Å². The molecule has 0 atom stereocenters. The number of hydrogen-bond acceptors (Lipinski definition) is 0. The fourth-order valence-corrected chi connectivity index (χ4v) is 4.89. The third-order valence-electron chi connectivity index (χ3n) is 2.34. The first-order chi connectivity index (χ1) is 7.45. The molecule has 0 radical (unpaired) electrons. The van der Waals surface area contributed by atoms with E-state index in [0.29, 0.717) is 0 Å². The molecular formula is C14H14Cl2Sn. The van der Waals surface area contributed by atoms with E-state index in [1.165, 1.54) is 20.0 Å². The van der Waals surface area contributed by atoms with E-state index in [-0.39, 0.29) is 46.0 Å².